The van der Waals surface area contributed by atoms with Crippen LogP contribution in [0.25, 0.3) is 0 Å². The summed E-state index contributed by atoms with van der Waals surface area (Å²) in [5, 5.41) is 8.35. The van der Waals surface area contributed by atoms with Gasteiger partial charge in [0.25, 0.3) is 0 Å². The molecule has 0 saturated heterocycles. The normalized spacial score (nSPS) is 16.2. The van der Waals surface area contributed by atoms with Gasteiger partial charge in [0, 0.05) is 48.4 Å². The van der Waals surface area contributed by atoms with Crippen LogP contribution < -0.4 is 10.1 Å². The minimum atomic E-state index is 0.369. The zero-order valence-corrected chi connectivity index (χ0v) is 16.5. The van der Waals surface area contributed by atoms with Crippen LogP contribution in [0.15, 0.2) is 48.8 Å². The highest BCUT2D eigenvalue weighted by atomic mass is 16.5. The second kappa shape index (κ2) is 8.52. The van der Waals surface area contributed by atoms with Gasteiger partial charge in [-0.25, -0.2) is 9.67 Å². The molecule has 0 spiro atoms. The fraction of sp³-hybridized carbons (Fsp3) is 0.409. The van der Waals surface area contributed by atoms with Crippen LogP contribution in [0.5, 0.6) is 5.75 Å². The number of hydrogen-bond donors (Lipinski definition) is 1. The molecule has 1 aromatic carbocycles. The Bertz CT molecular complexity index is 906. The summed E-state index contributed by atoms with van der Waals surface area (Å²) < 4.78 is 8.11. The molecule has 1 aliphatic rings. The lowest BCUT2D eigenvalue weighted by Gasteiger charge is -2.24. The fourth-order valence-corrected chi connectivity index (χ4v) is 3.43. The first-order chi connectivity index (χ1) is 13.7. The number of pyridine rings is 1. The fourth-order valence-electron chi connectivity index (χ4n) is 3.43. The molecular weight excluding hydrogens is 350 g/mol. The van der Waals surface area contributed by atoms with E-state index in [2.05, 4.69) is 51.0 Å². The van der Waals surface area contributed by atoms with Crippen molar-refractivity contribution in [3.8, 4) is 5.75 Å². The molecular formula is C22H27N5O. The van der Waals surface area contributed by atoms with E-state index in [4.69, 9.17) is 4.74 Å². The van der Waals surface area contributed by atoms with Crippen LogP contribution in [0.3, 0.4) is 0 Å². The first kappa shape index (κ1) is 18.6. The summed E-state index contributed by atoms with van der Waals surface area (Å²) >= 11 is 0. The zero-order valence-electron chi connectivity index (χ0n) is 16.5. The summed E-state index contributed by atoms with van der Waals surface area (Å²) in [4.78, 5) is 8.81. The SMILES string of the molecule is CC(C)c1nc2n(n1)CC(NCc1ccccc1OCc1cccnc1)CC2. The van der Waals surface area contributed by atoms with Gasteiger partial charge in [0.05, 0.1) is 6.54 Å². The largest absolute Gasteiger partial charge is 0.489 e. The highest BCUT2D eigenvalue weighted by Gasteiger charge is 2.22. The Morgan fingerprint density at radius 1 is 1.21 bits per heavy atom. The molecule has 0 bridgehead atoms. The van der Waals surface area contributed by atoms with Gasteiger partial charge in [0.2, 0.25) is 0 Å². The monoisotopic (exact) mass is 377 g/mol. The summed E-state index contributed by atoms with van der Waals surface area (Å²) in [7, 11) is 0. The summed E-state index contributed by atoms with van der Waals surface area (Å²) in [6, 6.07) is 12.6. The van der Waals surface area contributed by atoms with E-state index in [1.165, 1.54) is 5.56 Å². The van der Waals surface area contributed by atoms with E-state index in [-0.39, 0.29) is 0 Å². The van der Waals surface area contributed by atoms with Crippen LogP contribution in [0.1, 0.15) is 49.0 Å². The maximum Gasteiger partial charge on any atom is 0.153 e. The van der Waals surface area contributed by atoms with Gasteiger partial charge in [-0.15, -0.1) is 0 Å². The number of para-hydroxylation sites is 1. The first-order valence-electron chi connectivity index (χ1n) is 9.95. The van der Waals surface area contributed by atoms with Crippen LogP contribution in [-0.4, -0.2) is 25.8 Å². The van der Waals surface area contributed by atoms with Crippen molar-refractivity contribution in [1.82, 2.24) is 25.1 Å². The number of hydrogen-bond acceptors (Lipinski definition) is 5. The molecule has 1 aliphatic heterocycles. The van der Waals surface area contributed by atoms with Crippen LogP contribution in [0.4, 0.5) is 0 Å². The molecule has 6 heteroatoms. The molecule has 146 valence electrons. The molecule has 0 amide bonds. The van der Waals surface area contributed by atoms with E-state index in [0.29, 0.717) is 18.6 Å². The lowest BCUT2D eigenvalue weighted by Crippen LogP contribution is -2.37. The smallest absolute Gasteiger partial charge is 0.153 e. The predicted octanol–water partition coefficient (Wildman–Crippen LogP) is 3.48. The molecule has 4 rings (SSSR count). The maximum atomic E-state index is 6.04. The van der Waals surface area contributed by atoms with Gasteiger partial charge >= 0.3 is 0 Å². The van der Waals surface area contributed by atoms with E-state index in [0.717, 1.165) is 48.9 Å². The number of ether oxygens (including phenoxy) is 1. The molecule has 3 aromatic rings. The van der Waals surface area contributed by atoms with E-state index in [9.17, 15) is 0 Å². The van der Waals surface area contributed by atoms with Crippen molar-refractivity contribution >= 4 is 0 Å². The maximum absolute atomic E-state index is 6.04. The van der Waals surface area contributed by atoms with E-state index in [1.807, 2.05) is 30.5 Å². The second-order valence-electron chi connectivity index (χ2n) is 7.60. The molecule has 1 unspecified atom stereocenters. The van der Waals surface area contributed by atoms with Gasteiger partial charge in [-0.2, -0.15) is 5.10 Å². The zero-order chi connectivity index (χ0) is 19.3. The Kier molecular flexibility index (Phi) is 5.67. The molecule has 0 saturated carbocycles. The number of aromatic nitrogens is 4. The Labute approximate surface area is 166 Å². The number of rotatable bonds is 7. The van der Waals surface area contributed by atoms with Crippen molar-refractivity contribution in [2.45, 2.75) is 58.3 Å². The van der Waals surface area contributed by atoms with E-state index in [1.54, 1.807) is 6.20 Å². The van der Waals surface area contributed by atoms with Crippen molar-refractivity contribution in [1.29, 1.82) is 0 Å². The molecule has 1 atom stereocenters. The average Bonchev–Trinajstić information content (AvgIpc) is 3.16. The Morgan fingerprint density at radius 3 is 2.93 bits per heavy atom. The van der Waals surface area contributed by atoms with Crippen molar-refractivity contribution in [2.75, 3.05) is 0 Å². The molecule has 1 N–H and O–H groups in total. The first-order valence-corrected chi connectivity index (χ1v) is 9.95. The molecule has 0 fully saturated rings. The van der Waals surface area contributed by atoms with E-state index < -0.39 is 0 Å². The molecule has 0 aliphatic carbocycles. The molecule has 0 radical (unpaired) electrons. The number of benzene rings is 1. The summed E-state index contributed by atoms with van der Waals surface area (Å²) in [5.74, 6) is 3.35. The third-order valence-electron chi connectivity index (χ3n) is 5.06. The third-order valence-corrected chi connectivity index (χ3v) is 5.06. The Morgan fingerprint density at radius 2 is 2.11 bits per heavy atom. The topological polar surface area (TPSA) is 64.9 Å². The summed E-state index contributed by atoms with van der Waals surface area (Å²) in [6.07, 6.45) is 5.66. The lowest BCUT2D eigenvalue weighted by atomic mass is 10.1. The average molecular weight is 377 g/mol. The molecule has 3 heterocycles. The van der Waals surface area contributed by atoms with Gasteiger partial charge in [0.1, 0.15) is 18.2 Å². The Hall–Kier alpha value is -2.73. The number of nitrogens with zero attached hydrogens (tertiary/aromatic N) is 4. The Balaban J connectivity index is 1.36. The van der Waals surface area contributed by atoms with Gasteiger partial charge in [-0.3, -0.25) is 4.98 Å². The van der Waals surface area contributed by atoms with Crippen molar-refractivity contribution in [3.05, 3.63) is 71.6 Å². The van der Waals surface area contributed by atoms with Gasteiger partial charge in [-0.05, 0) is 18.6 Å². The highest BCUT2D eigenvalue weighted by Crippen LogP contribution is 2.21. The minimum Gasteiger partial charge on any atom is -0.489 e. The predicted molar refractivity (Wildman–Crippen MR) is 108 cm³/mol. The van der Waals surface area contributed by atoms with Gasteiger partial charge in [0.15, 0.2) is 5.82 Å². The van der Waals surface area contributed by atoms with Crippen LogP contribution in [0, 0.1) is 0 Å². The third kappa shape index (κ3) is 4.39. The van der Waals surface area contributed by atoms with Crippen LogP contribution in [0.2, 0.25) is 0 Å². The number of fused-ring (bicyclic) bond motifs is 1. The van der Waals surface area contributed by atoms with Gasteiger partial charge < -0.3 is 10.1 Å². The van der Waals surface area contributed by atoms with E-state index >= 15 is 0 Å². The van der Waals surface area contributed by atoms with Crippen LogP contribution in [-0.2, 0) is 26.1 Å². The van der Waals surface area contributed by atoms with Crippen molar-refractivity contribution < 1.29 is 4.74 Å². The quantitative estimate of drug-likeness (QED) is 0.683. The molecule has 28 heavy (non-hydrogen) atoms. The highest BCUT2D eigenvalue weighted by molar-refractivity contribution is 5.33. The number of aryl methyl sites for hydroxylation is 1. The van der Waals surface area contributed by atoms with Crippen molar-refractivity contribution in [2.24, 2.45) is 0 Å². The van der Waals surface area contributed by atoms with Crippen molar-refractivity contribution in [3.63, 3.8) is 0 Å². The summed E-state index contributed by atoms with van der Waals surface area (Å²) in [6.45, 7) is 6.44. The van der Waals surface area contributed by atoms with Crippen LogP contribution >= 0.6 is 0 Å². The standard InChI is InChI=1S/C22H27N5O/c1-16(2)22-25-21-10-9-19(14-27(21)26-22)24-13-18-7-3-4-8-20(18)28-15-17-6-5-11-23-12-17/h3-8,11-12,16,19,24H,9-10,13-15H2,1-2H3. The molecule has 6 nitrogen and oxygen atoms in total. The van der Waals surface area contributed by atoms with Gasteiger partial charge in [-0.1, -0.05) is 38.1 Å². The summed E-state index contributed by atoms with van der Waals surface area (Å²) in [5.41, 5.74) is 2.23. The second-order valence-corrected chi connectivity index (χ2v) is 7.60. The molecule has 2 aromatic heterocycles. The minimum absolute atomic E-state index is 0.369. The number of nitrogens with one attached hydrogen (secondary N) is 1. The lowest BCUT2D eigenvalue weighted by molar-refractivity contribution is 0.299.